The third kappa shape index (κ3) is 1.64. The summed E-state index contributed by atoms with van der Waals surface area (Å²) in [5.74, 6) is 0.256. The highest BCUT2D eigenvalue weighted by molar-refractivity contribution is 6.01. The van der Waals surface area contributed by atoms with Crippen LogP contribution in [0.3, 0.4) is 0 Å². The highest BCUT2D eigenvalue weighted by atomic mass is 15.0. The van der Waals surface area contributed by atoms with Gasteiger partial charge >= 0.3 is 0 Å². The Bertz CT molecular complexity index is 708. The molecule has 0 atom stereocenters. The van der Waals surface area contributed by atoms with E-state index >= 15 is 0 Å². The summed E-state index contributed by atoms with van der Waals surface area (Å²) in [7, 11) is 0. The van der Waals surface area contributed by atoms with Gasteiger partial charge in [0, 0.05) is 16.6 Å². The van der Waals surface area contributed by atoms with Gasteiger partial charge in [0.05, 0.1) is 11.2 Å². The average molecular weight is 236 g/mol. The van der Waals surface area contributed by atoms with Crippen molar-refractivity contribution in [2.24, 2.45) is 0 Å². The summed E-state index contributed by atoms with van der Waals surface area (Å²) in [4.78, 5) is 8.53. The third-order valence-corrected chi connectivity index (χ3v) is 2.82. The molecule has 4 N–H and O–H groups in total. The molecule has 0 unspecified atom stereocenters. The summed E-state index contributed by atoms with van der Waals surface area (Å²) < 4.78 is 0. The van der Waals surface area contributed by atoms with Gasteiger partial charge in [-0.2, -0.15) is 0 Å². The van der Waals surface area contributed by atoms with Crippen LogP contribution in [0.1, 0.15) is 0 Å². The summed E-state index contributed by atoms with van der Waals surface area (Å²) >= 11 is 0. The number of nitrogens with two attached hydrogens (primary N) is 2. The van der Waals surface area contributed by atoms with Gasteiger partial charge in [0.25, 0.3) is 0 Å². The second kappa shape index (κ2) is 4.00. The highest BCUT2D eigenvalue weighted by Gasteiger charge is 2.10. The van der Waals surface area contributed by atoms with Gasteiger partial charge < -0.3 is 11.5 Å². The van der Waals surface area contributed by atoms with E-state index in [1.165, 1.54) is 0 Å². The van der Waals surface area contributed by atoms with Gasteiger partial charge in [-0.25, -0.2) is 9.97 Å². The van der Waals surface area contributed by atoms with Gasteiger partial charge in [0.1, 0.15) is 0 Å². The molecule has 0 aliphatic heterocycles. The molecule has 1 aromatic heterocycles. The van der Waals surface area contributed by atoms with Crippen molar-refractivity contribution >= 4 is 22.5 Å². The van der Waals surface area contributed by atoms with Crippen molar-refractivity contribution in [1.29, 1.82) is 0 Å². The minimum absolute atomic E-state index is 0.256. The lowest BCUT2D eigenvalue weighted by molar-refractivity contribution is 1.24. The Labute approximate surface area is 104 Å². The van der Waals surface area contributed by atoms with Crippen molar-refractivity contribution < 1.29 is 0 Å². The molecule has 0 radical (unpaired) electrons. The smallest absolute Gasteiger partial charge is 0.221 e. The molecule has 3 aromatic rings. The molecule has 0 fully saturated rings. The lowest BCUT2D eigenvalue weighted by Gasteiger charge is -2.08. The van der Waals surface area contributed by atoms with E-state index in [0.717, 1.165) is 22.2 Å². The van der Waals surface area contributed by atoms with Crippen LogP contribution < -0.4 is 11.5 Å². The summed E-state index contributed by atoms with van der Waals surface area (Å²) in [5, 5.41) is 0.845. The lowest BCUT2D eigenvalue weighted by Crippen LogP contribution is -2.00. The Kier molecular flexibility index (Phi) is 2.34. The third-order valence-electron chi connectivity index (χ3n) is 2.82. The first-order valence-electron chi connectivity index (χ1n) is 5.63. The second-order valence-corrected chi connectivity index (χ2v) is 4.04. The Hall–Kier alpha value is -2.62. The van der Waals surface area contributed by atoms with Gasteiger partial charge in [-0.3, -0.25) is 0 Å². The molecule has 0 saturated heterocycles. The number of anilines is 2. The van der Waals surface area contributed by atoms with Crippen LogP contribution in [-0.2, 0) is 0 Å². The van der Waals surface area contributed by atoms with Crippen molar-refractivity contribution in [3.8, 4) is 11.3 Å². The Balaban J connectivity index is 2.41. The number of nitrogen functional groups attached to an aromatic ring is 2. The second-order valence-electron chi connectivity index (χ2n) is 4.04. The zero-order valence-electron chi connectivity index (χ0n) is 9.67. The van der Waals surface area contributed by atoms with E-state index < -0.39 is 0 Å². The van der Waals surface area contributed by atoms with E-state index in [2.05, 4.69) is 9.97 Å². The topological polar surface area (TPSA) is 77.8 Å². The Morgan fingerprint density at radius 3 is 2.33 bits per heavy atom. The van der Waals surface area contributed by atoms with E-state index in [9.17, 15) is 0 Å². The van der Waals surface area contributed by atoms with Gasteiger partial charge in [0.2, 0.25) is 5.95 Å². The molecule has 3 rings (SSSR count). The fraction of sp³-hybridized carbons (Fsp3) is 0. The van der Waals surface area contributed by atoms with Gasteiger partial charge in [-0.15, -0.1) is 0 Å². The first-order chi connectivity index (χ1) is 8.75. The molecule has 4 heteroatoms. The molecular formula is C14H12N4. The number of rotatable bonds is 1. The van der Waals surface area contributed by atoms with Crippen LogP contribution >= 0.6 is 0 Å². The van der Waals surface area contributed by atoms with Crippen LogP contribution in [0, 0.1) is 0 Å². The van der Waals surface area contributed by atoms with E-state index in [-0.39, 0.29) is 5.95 Å². The van der Waals surface area contributed by atoms with Crippen molar-refractivity contribution in [3.63, 3.8) is 0 Å². The number of hydrogen-bond donors (Lipinski definition) is 2. The number of benzene rings is 2. The predicted molar refractivity (Wildman–Crippen MR) is 73.8 cm³/mol. The van der Waals surface area contributed by atoms with Crippen LogP contribution in [0.5, 0.6) is 0 Å². The van der Waals surface area contributed by atoms with Gasteiger partial charge in [-0.1, -0.05) is 36.4 Å². The van der Waals surface area contributed by atoms with Crippen LogP contribution in [0.15, 0.2) is 48.5 Å². The Morgan fingerprint density at radius 1 is 0.778 bits per heavy atom. The fourth-order valence-corrected chi connectivity index (χ4v) is 2.03. The quantitative estimate of drug-likeness (QED) is 0.636. The SMILES string of the molecule is Nc1nc(-c2ccccc2)c2c(N)cccc2n1. The van der Waals surface area contributed by atoms with E-state index in [1.807, 2.05) is 48.5 Å². The number of aromatic nitrogens is 2. The maximum Gasteiger partial charge on any atom is 0.221 e. The molecule has 0 aliphatic carbocycles. The van der Waals surface area contributed by atoms with Crippen molar-refractivity contribution in [2.75, 3.05) is 11.5 Å². The molecule has 0 saturated carbocycles. The zero-order valence-corrected chi connectivity index (χ0v) is 9.67. The maximum atomic E-state index is 6.02. The molecule has 88 valence electrons. The minimum Gasteiger partial charge on any atom is -0.398 e. The summed E-state index contributed by atoms with van der Waals surface area (Å²) in [6, 6.07) is 15.4. The summed E-state index contributed by atoms with van der Waals surface area (Å²) in [6.45, 7) is 0. The number of hydrogen-bond acceptors (Lipinski definition) is 4. The molecule has 18 heavy (non-hydrogen) atoms. The first kappa shape index (κ1) is 10.5. The molecular weight excluding hydrogens is 224 g/mol. The number of nitrogens with zero attached hydrogens (tertiary/aromatic N) is 2. The van der Waals surface area contributed by atoms with E-state index in [0.29, 0.717) is 5.69 Å². The maximum absolute atomic E-state index is 6.02. The van der Waals surface area contributed by atoms with E-state index in [4.69, 9.17) is 11.5 Å². The van der Waals surface area contributed by atoms with Crippen LogP contribution in [-0.4, -0.2) is 9.97 Å². The summed E-state index contributed by atoms with van der Waals surface area (Å²) in [5.41, 5.74) is 15.0. The van der Waals surface area contributed by atoms with Crippen molar-refractivity contribution in [2.45, 2.75) is 0 Å². The van der Waals surface area contributed by atoms with Gasteiger partial charge in [-0.05, 0) is 12.1 Å². The highest BCUT2D eigenvalue weighted by Crippen LogP contribution is 2.30. The van der Waals surface area contributed by atoms with Crippen LogP contribution in [0.25, 0.3) is 22.2 Å². The summed E-state index contributed by atoms with van der Waals surface area (Å²) in [6.07, 6.45) is 0. The van der Waals surface area contributed by atoms with Crippen molar-refractivity contribution in [1.82, 2.24) is 9.97 Å². The van der Waals surface area contributed by atoms with E-state index in [1.54, 1.807) is 0 Å². The molecule has 0 aliphatic rings. The molecule has 0 spiro atoms. The molecule has 2 aromatic carbocycles. The van der Waals surface area contributed by atoms with Gasteiger partial charge in [0.15, 0.2) is 0 Å². The first-order valence-corrected chi connectivity index (χ1v) is 5.63. The monoisotopic (exact) mass is 236 g/mol. The standard InChI is InChI=1S/C14H12N4/c15-10-7-4-8-11-12(10)13(18-14(16)17-11)9-5-2-1-3-6-9/h1-8H,15H2,(H2,16,17,18). The fourth-order valence-electron chi connectivity index (χ4n) is 2.03. The van der Waals surface area contributed by atoms with Crippen molar-refractivity contribution in [3.05, 3.63) is 48.5 Å². The zero-order chi connectivity index (χ0) is 12.5. The largest absolute Gasteiger partial charge is 0.398 e. The lowest BCUT2D eigenvalue weighted by atomic mass is 10.1. The van der Waals surface area contributed by atoms with Crippen LogP contribution in [0.2, 0.25) is 0 Å². The molecule has 0 amide bonds. The van der Waals surface area contributed by atoms with Crippen LogP contribution in [0.4, 0.5) is 11.6 Å². The molecule has 0 bridgehead atoms. The average Bonchev–Trinajstić information content (AvgIpc) is 2.39. The minimum atomic E-state index is 0.256. The normalized spacial score (nSPS) is 10.7. The number of fused-ring (bicyclic) bond motifs is 1. The Morgan fingerprint density at radius 2 is 1.56 bits per heavy atom. The predicted octanol–water partition coefficient (Wildman–Crippen LogP) is 2.46. The molecule has 1 heterocycles. The molecule has 4 nitrogen and oxygen atoms in total.